The number of hydrogen-bond acceptors (Lipinski definition) is 3. The molecule has 0 fully saturated rings. The lowest BCUT2D eigenvalue weighted by molar-refractivity contribution is 0.310. The smallest absolute Gasteiger partial charge is 0.161 e. The maximum atomic E-state index is 5.55. The highest BCUT2D eigenvalue weighted by Gasteiger charge is 2.06. The monoisotopic (exact) mass is 324 g/mol. The van der Waals surface area contributed by atoms with Gasteiger partial charge in [0.2, 0.25) is 0 Å². The van der Waals surface area contributed by atoms with E-state index in [1.807, 2.05) is 19.1 Å². The lowest BCUT2D eigenvalue weighted by Gasteiger charge is -2.11. The van der Waals surface area contributed by atoms with E-state index in [1.54, 1.807) is 7.11 Å². The fraction of sp³-hybridized carbons (Fsp3) is 0.300. The molecule has 1 heterocycles. The molecule has 0 radical (unpaired) electrons. The van der Waals surface area contributed by atoms with Crippen molar-refractivity contribution in [2.24, 2.45) is 0 Å². The highest BCUT2D eigenvalue weighted by molar-refractivity contribution is 5.83. The Labute approximate surface area is 142 Å². The number of hydrogen-bond donors (Lipinski definition) is 2. The van der Waals surface area contributed by atoms with Gasteiger partial charge in [-0.1, -0.05) is 24.3 Å². The van der Waals surface area contributed by atoms with Crippen molar-refractivity contribution in [3.63, 3.8) is 0 Å². The summed E-state index contributed by atoms with van der Waals surface area (Å²) in [5, 5.41) is 4.80. The van der Waals surface area contributed by atoms with E-state index in [4.69, 9.17) is 9.47 Å². The second kappa shape index (κ2) is 7.88. The summed E-state index contributed by atoms with van der Waals surface area (Å²) in [4.78, 5) is 3.32. The summed E-state index contributed by atoms with van der Waals surface area (Å²) in [6.45, 7) is 4.35. The molecule has 0 saturated heterocycles. The van der Waals surface area contributed by atoms with E-state index >= 15 is 0 Å². The van der Waals surface area contributed by atoms with E-state index in [0.717, 1.165) is 31.0 Å². The number of fused-ring (bicyclic) bond motifs is 1. The number of ether oxygens (including phenoxy) is 2. The second-order valence-corrected chi connectivity index (χ2v) is 5.70. The molecule has 3 aromatic rings. The van der Waals surface area contributed by atoms with Crippen LogP contribution in [0.4, 0.5) is 0 Å². The topological polar surface area (TPSA) is 46.3 Å². The van der Waals surface area contributed by atoms with Crippen molar-refractivity contribution in [3.05, 3.63) is 59.8 Å². The molecule has 0 spiro atoms. The van der Waals surface area contributed by atoms with Gasteiger partial charge in [-0.2, -0.15) is 0 Å². The maximum Gasteiger partial charge on any atom is 0.161 e. The Kier molecular flexibility index (Phi) is 5.39. The maximum absolute atomic E-state index is 5.55. The number of aromatic amines is 1. The number of benzene rings is 2. The Hall–Kier alpha value is -2.46. The van der Waals surface area contributed by atoms with Crippen molar-refractivity contribution in [3.8, 4) is 11.5 Å². The molecule has 0 bridgehead atoms. The molecular weight excluding hydrogens is 300 g/mol. The van der Waals surface area contributed by atoms with E-state index in [1.165, 1.54) is 22.0 Å². The zero-order valence-corrected chi connectivity index (χ0v) is 14.3. The molecule has 1 aromatic heterocycles. The first-order valence-electron chi connectivity index (χ1n) is 8.37. The lowest BCUT2D eigenvalue weighted by Crippen LogP contribution is -2.16. The molecule has 4 heteroatoms. The number of para-hydroxylation sites is 1. The number of rotatable bonds is 8. The van der Waals surface area contributed by atoms with Crippen LogP contribution >= 0.6 is 0 Å². The second-order valence-electron chi connectivity index (χ2n) is 5.70. The SMILES string of the molecule is CCOc1ccc(CNCCc2c[nH]c3ccccc23)cc1OC. The minimum atomic E-state index is 0.637. The normalized spacial score (nSPS) is 10.9. The molecule has 2 aromatic carbocycles. The third-order valence-electron chi connectivity index (χ3n) is 4.10. The van der Waals surface area contributed by atoms with E-state index in [2.05, 4.69) is 46.8 Å². The summed E-state index contributed by atoms with van der Waals surface area (Å²) < 4.78 is 10.9. The van der Waals surface area contributed by atoms with Crippen LogP contribution in [0.5, 0.6) is 11.5 Å². The summed E-state index contributed by atoms with van der Waals surface area (Å²) in [6, 6.07) is 14.5. The molecule has 0 aliphatic carbocycles. The third kappa shape index (κ3) is 3.71. The zero-order chi connectivity index (χ0) is 16.8. The molecule has 0 unspecified atom stereocenters. The molecule has 126 valence electrons. The van der Waals surface area contributed by atoms with Crippen LogP contribution in [0.3, 0.4) is 0 Å². The molecule has 0 atom stereocenters. The van der Waals surface area contributed by atoms with Crippen LogP contribution in [-0.2, 0) is 13.0 Å². The van der Waals surface area contributed by atoms with Crippen molar-refractivity contribution < 1.29 is 9.47 Å². The average molecular weight is 324 g/mol. The summed E-state index contributed by atoms with van der Waals surface area (Å²) in [6.07, 6.45) is 3.10. The fourth-order valence-corrected chi connectivity index (χ4v) is 2.89. The van der Waals surface area contributed by atoms with Crippen molar-refractivity contribution in [2.75, 3.05) is 20.3 Å². The quantitative estimate of drug-likeness (QED) is 0.618. The molecule has 2 N–H and O–H groups in total. The molecular formula is C20H24N2O2. The van der Waals surface area contributed by atoms with Gasteiger partial charge in [-0.15, -0.1) is 0 Å². The van der Waals surface area contributed by atoms with Gasteiger partial charge in [0.1, 0.15) is 0 Å². The third-order valence-corrected chi connectivity index (χ3v) is 4.10. The van der Waals surface area contributed by atoms with Crippen molar-refractivity contribution in [2.45, 2.75) is 19.9 Å². The van der Waals surface area contributed by atoms with Crippen LogP contribution in [0.15, 0.2) is 48.7 Å². The first-order chi connectivity index (χ1) is 11.8. The Morgan fingerprint density at radius 1 is 1.08 bits per heavy atom. The Morgan fingerprint density at radius 3 is 2.79 bits per heavy atom. The van der Waals surface area contributed by atoms with E-state index in [-0.39, 0.29) is 0 Å². The van der Waals surface area contributed by atoms with Gasteiger partial charge in [0.15, 0.2) is 11.5 Å². The predicted octanol–water partition coefficient (Wildman–Crippen LogP) is 3.91. The number of nitrogens with one attached hydrogen (secondary N) is 2. The van der Waals surface area contributed by atoms with Gasteiger partial charge in [0.25, 0.3) is 0 Å². The molecule has 3 rings (SSSR count). The Morgan fingerprint density at radius 2 is 1.96 bits per heavy atom. The van der Waals surface area contributed by atoms with Crippen LogP contribution in [0.25, 0.3) is 10.9 Å². The summed E-state index contributed by atoms with van der Waals surface area (Å²) >= 11 is 0. The average Bonchev–Trinajstić information content (AvgIpc) is 3.03. The summed E-state index contributed by atoms with van der Waals surface area (Å²) in [5.74, 6) is 1.58. The number of H-pyrrole nitrogens is 1. The molecule has 0 aliphatic heterocycles. The van der Waals surface area contributed by atoms with E-state index < -0.39 is 0 Å². The van der Waals surface area contributed by atoms with Crippen LogP contribution in [0, 0.1) is 0 Å². The molecule has 4 nitrogen and oxygen atoms in total. The summed E-state index contributed by atoms with van der Waals surface area (Å²) in [5.41, 5.74) is 3.74. The van der Waals surface area contributed by atoms with Gasteiger partial charge in [0.05, 0.1) is 13.7 Å². The molecule has 0 saturated carbocycles. The lowest BCUT2D eigenvalue weighted by atomic mass is 10.1. The van der Waals surface area contributed by atoms with Crippen LogP contribution in [0.2, 0.25) is 0 Å². The van der Waals surface area contributed by atoms with Crippen molar-refractivity contribution in [1.82, 2.24) is 10.3 Å². The highest BCUT2D eigenvalue weighted by atomic mass is 16.5. The molecule has 0 aliphatic rings. The van der Waals surface area contributed by atoms with Crippen molar-refractivity contribution in [1.29, 1.82) is 0 Å². The van der Waals surface area contributed by atoms with E-state index in [0.29, 0.717) is 6.61 Å². The van der Waals surface area contributed by atoms with Crippen LogP contribution < -0.4 is 14.8 Å². The minimum absolute atomic E-state index is 0.637. The van der Waals surface area contributed by atoms with Gasteiger partial charge < -0.3 is 19.8 Å². The predicted molar refractivity (Wildman–Crippen MR) is 97.9 cm³/mol. The van der Waals surface area contributed by atoms with Gasteiger partial charge in [0, 0.05) is 23.6 Å². The van der Waals surface area contributed by atoms with Crippen LogP contribution in [-0.4, -0.2) is 25.2 Å². The molecule has 24 heavy (non-hydrogen) atoms. The minimum Gasteiger partial charge on any atom is -0.493 e. The van der Waals surface area contributed by atoms with Crippen LogP contribution in [0.1, 0.15) is 18.1 Å². The van der Waals surface area contributed by atoms with Gasteiger partial charge in [-0.25, -0.2) is 0 Å². The first kappa shape index (κ1) is 16.4. The van der Waals surface area contributed by atoms with Gasteiger partial charge in [-0.3, -0.25) is 0 Å². The number of methoxy groups -OCH3 is 1. The van der Waals surface area contributed by atoms with E-state index in [9.17, 15) is 0 Å². The fourth-order valence-electron chi connectivity index (χ4n) is 2.89. The summed E-state index contributed by atoms with van der Waals surface area (Å²) in [7, 11) is 1.67. The Balaban J connectivity index is 1.55. The molecule has 0 amide bonds. The van der Waals surface area contributed by atoms with Gasteiger partial charge in [-0.05, 0) is 49.2 Å². The number of aromatic nitrogens is 1. The first-order valence-corrected chi connectivity index (χ1v) is 8.37. The largest absolute Gasteiger partial charge is 0.493 e. The van der Waals surface area contributed by atoms with Gasteiger partial charge >= 0.3 is 0 Å². The Bertz CT molecular complexity index is 795. The zero-order valence-electron chi connectivity index (χ0n) is 14.3. The highest BCUT2D eigenvalue weighted by Crippen LogP contribution is 2.28. The standard InChI is InChI=1S/C20H24N2O2/c1-3-24-19-9-8-15(12-20(19)23-2)13-21-11-10-16-14-22-18-7-5-4-6-17(16)18/h4-9,12,14,21-22H,3,10-11,13H2,1-2H3. The van der Waals surface area contributed by atoms with Crippen molar-refractivity contribution >= 4 is 10.9 Å².